The van der Waals surface area contributed by atoms with Gasteiger partial charge in [0, 0.05) is 29.6 Å². The molecule has 4 rings (SSSR count). The number of aromatic nitrogens is 2. The van der Waals surface area contributed by atoms with Gasteiger partial charge in [-0.05, 0) is 24.6 Å². The predicted octanol–water partition coefficient (Wildman–Crippen LogP) is 3.34. The van der Waals surface area contributed by atoms with Crippen LogP contribution in [0.5, 0.6) is 0 Å². The topological polar surface area (TPSA) is 81.3 Å². The van der Waals surface area contributed by atoms with Crippen LogP contribution < -0.4 is 5.73 Å². The molecule has 0 unspecified atom stereocenters. The first-order chi connectivity index (χ1) is 13.2. The molecule has 3 heterocycles. The summed E-state index contributed by atoms with van der Waals surface area (Å²) in [5, 5.41) is 0.991. The number of nitrogen functional groups attached to an aromatic ring is 1. The fourth-order valence-electron chi connectivity index (χ4n) is 3.44. The fourth-order valence-corrected chi connectivity index (χ4v) is 3.44. The van der Waals surface area contributed by atoms with Gasteiger partial charge in [0.15, 0.2) is 0 Å². The number of rotatable bonds is 3. The smallest absolute Gasteiger partial charge is 0.272 e. The average Bonchev–Trinajstić information content (AvgIpc) is 2.73. The first kappa shape index (κ1) is 20.0. The van der Waals surface area contributed by atoms with Crippen molar-refractivity contribution in [3.8, 4) is 11.1 Å². The molecule has 0 bridgehead atoms. The molecular weight excluding hydrogens is 376 g/mol. The Bertz CT molecular complexity index is 1000. The van der Waals surface area contributed by atoms with E-state index in [-0.39, 0.29) is 18.3 Å². The summed E-state index contributed by atoms with van der Waals surface area (Å²) in [5.74, 6) is 0.452. The molecule has 0 spiro atoms. The number of para-hydroxylation sites is 1. The summed E-state index contributed by atoms with van der Waals surface area (Å²) in [6, 6.07) is 13.6. The third kappa shape index (κ3) is 3.79. The van der Waals surface area contributed by atoms with Gasteiger partial charge < -0.3 is 15.4 Å². The Balaban J connectivity index is 0.00000225. The summed E-state index contributed by atoms with van der Waals surface area (Å²) in [6.07, 6.45) is 0.767. The highest BCUT2D eigenvalue weighted by Gasteiger charge is 2.20. The molecule has 6 nitrogen and oxygen atoms in total. The van der Waals surface area contributed by atoms with E-state index in [1.807, 2.05) is 30.3 Å². The van der Waals surface area contributed by atoms with Crippen molar-refractivity contribution < 1.29 is 9.53 Å². The summed E-state index contributed by atoms with van der Waals surface area (Å²) in [5.41, 5.74) is 10.0. The van der Waals surface area contributed by atoms with Crippen LogP contribution in [-0.4, -0.2) is 47.1 Å². The maximum Gasteiger partial charge on any atom is 0.272 e. The van der Waals surface area contributed by atoms with Gasteiger partial charge in [-0.2, -0.15) is 0 Å². The van der Waals surface area contributed by atoms with Gasteiger partial charge in [0.05, 0.1) is 24.4 Å². The number of anilines is 1. The van der Waals surface area contributed by atoms with Crippen molar-refractivity contribution in [1.29, 1.82) is 0 Å². The van der Waals surface area contributed by atoms with Crippen LogP contribution in [0.25, 0.3) is 22.0 Å². The number of halogens is 1. The summed E-state index contributed by atoms with van der Waals surface area (Å²) < 4.78 is 5.34. The number of hydrogen-bond donors (Lipinski definition) is 1. The summed E-state index contributed by atoms with van der Waals surface area (Å²) in [7, 11) is 0. The molecule has 0 atom stereocenters. The number of fused-ring (bicyclic) bond motifs is 1. The van der Waals surface area contributed by atoms with Crippen LogP contribution in [0.2, 0.25) is 0 Å². The minimum atomic E-state index is -0.0545. The number of hydrogen-bond acceptors (Lipinski definition) is 5. The summed E-state index contributed by atoms with van der Waals surface area (Å²) in [4.78, 5) is 23.8. The lowest BCUT2D eigenvalue weighted by atomic mass is 9.99. The first-order valence-corrected chi connectivity index (χ1v) is 9.20. The monoisotopic (exact) mass is 398 g/mol. The highest BCUT2D eigenvalue weighted by molar-refractivity contribution is 5.99. The van der Waals surface area contributed by atoms with Crippen molar-refractivity contribution in [3.05, 3.63) is 53.9 Å². The zero-order chi connectivity index (χ0) is 18.8. The standard InChI is InChI=1S/C21H22N4O2.ClH/c1-2-17-15(7-9-19(22)23-17)16-5-3-4-14-6-8-18(24-20(14)16)21(26)25-10-12-27-13-11-25;/h3-9H,2,10-13H2,1H3,(H2,22,23);1H. The van der Waals surface area contributed by atoms with Gasteiger partial charge in [-0.15, -0.1) is 12.4 Å². The second-order valence-electron chi connectivity index (χ2n) is 6.56. The highest BCUT2D eigenvalue weighted by atomic mass is 35.5. The molecule has 1 aliphatic heterocycles. The van der Waals surface area contributed by atoms with Gasteiger partial charge >= 0.3 is 0 Å². The number of aryl methyl sites for hydroxylation is 1. The predicted molar refractivity (Wildman–Crippen MR) is 113 cm³/mol. The molecule has 1 amide bonds. The Kier molecular flexibility index (Phi) is 6.11. The van der Waals surface area contributed by atoms with Crippen LogP contribution in [0.3, 0.4) is 0 Å². The largest absolute Gasteiger partial charge is 0.384 e. The molecule has 7 heteroatoms. The zero-order valence-corrected chi connectivity index (χ0v) is 16.5. The SMILES string of the molecule is CCc1nc(N)ccc1-c1cccc2ccc(C(=O)N3CCOCC3)nc12.Cl. The second-order valence-corrected chi connectivity index (χ2v) is 6.56. The van der Waals surface area contributed by atoms with Gasteiger partial charge in [-0.25, -0.2) is 9.97 Å². The Labute approximate surface area is 170 Å². The van der Waals surface area contributed by atoms with E-state index in [2.05, 4.69) is 11.9 Å². The third-order valence-electron chi connectivity index (χ3n) is 4.86. The van der Waals surface area contributed by atoms with E-state index in [0.29, 0.717) is 37.8 Å². The number of ether oxygens (including phenoxy) is 1. The number of nitrogens with two attached hydrogens (primary N) is 1. The normalized spacial score (nSPS) is 14.0. The second kappa shape index (κ2) is 8.54. The molecule has 0 radical (unpaired) electrons. The lowest BCUT2D eigenvalue weighted by Crippen LogP contribution is -2.41. The number of pyridine rings is 2. The molecule has 1 fully saturated rings. The lowest BCUT2D eigenvalue weighted by molar-refractivity contribution is 0.0299. The van der Waals surface area contributed by atoms with E-state index in [1.54, 1.807) is 17.0 Å². The first-order valence-electron chi connectivity index (χ1n) is 9.20. The number of morpholine rings is 1. The molecule has 1 aromatic carbocycles. The quantitative estimate of drug-likeness (QED) is 0.731. The molecule has 3 aromatic rings. The molecule has 28 heavy (non-hydrogen) atoms. The van der Waals surface area contributed by atoms with Crippen molar-refractivity contribution >= 4 is 35.0 Å². The van der Waals surface area contributed by atoms with E-state index in [9.17, 15) is 4.79 Å². The van der Waals surface area contributed by atoms with Gasteiger partial charge in [0.2, 0.25) is 0 Å². The fraction of sp³-hybridized carbons (Fsp3) is 0.286. The number of carbonyl (C=O) groups excluding carboxylic acids is 1. The minimum Gasteiger partial charge on any atom is -0.384 e. The Morgan fingerprint density at radius 3 is 2.61 bits per heavy atom. The molecule has 146 valence electrons. The molecule has 0 saturated carbocycles. The Hall–Kier alpha value is -2.70. The molecule has 1 aliphatic rings. The van der Waals surface area contributed by atoms with Crippen molar-refractivity contribution in [2.45, 2.75) is 13.3 Å². The van der Waals surface area contributed by atoms with Crippen LogP contribution in [0.15, 0.2) is 42.5 Å². The van der Waals surface area contributed by atoms with Gasteiger partial charge in [0.1, 0.15) is 11.5 Å². The van der Waals surface area contributed by atoms with E-state index >= 15 is 0 Å². The number of nitrogens with zero attached hydrogens (tertiary/aromatic N) is 3. The molecule has 1 saturated heterocycles. The van der Waals surface area contributed by atoms with Crippen LogP contribution in [-0.2, 0) is 11.2 Å². The Morgan fingerprint density at radius 1 is 1.07 bits per heavy atom. The van der Waals surface area contributed by atoms with Crippen molar-refractivity contribution in [2.24, 2.45) is 0 Å². The number of carbonyl (C=O) groups is 1. The average molecular weight is 399 g/mol. The lowest BCUT2D eigenvalue weighted by Gasteiger charge is -2.26. The van der Waals surface area contributed by atoms with Gasteiger partial charge in [0.25, 0.3) is 5.91 Å². The van der Waals surface area contributed by atoms with Crippen molar-refractivity contribution in [1.82, 2.24) is 14.9 Å². The van der Waals surface area contributed by atoms with Gasteiger partial charge in [-0.3, -0.25) is 4.79 Å². The number of benzene rings is 1. The minimum absolute atomic E-state index is 0. The molecule has 0 aliphatic carbocycles. The van der Waals surface area contributed by atoms with E-state index < -0.39 is 0 Å². The van der Waals surface area contributed by atoms with Crippen molar-refractivity contribution in [3.63, 3.8) is 0 Å². The maximum absolute atomic E-state index is 12.8. The van der Waals surface area contributed by atoms with Crippen molar-refractivity contribution in [2.75, 3.05) is 32.0 Å². The maximum atomic E-state index is 12.8. The molecular formula is C21H23ClN4O2. The van der Waals surface area contributed by atoms with Crippen LogP contribution in [0.1, 0.15) is 23.1 Å². The van der Waals surface area contributed by atoms with Crippen LogP contribution >= 0.6 is 12.4 Å². The molecule has 2 N–H and O–H groups in total. The van der Waals surface area contributed by atoms with Gasteiger partial charge in [-0.1, -0.05) is 31.2 Å². The van der Waals surface area contributed by atoms with Crippen LogP contribution in [0, 0.1) is 0 Å². The zero-order valence-electron chi connectivity index (χ0n) is 15.7. The van der Waals surface area contributed by atoms with Crippen LogP contribution in [0.4, 0.5) is 5.82 Å². The van der Waals surface area contributed by atoms with E-state index in [4.69, 9.17) is 15.5 Å². The number of amides is 1. The Morgan fingerprint density at radius 2 is 1.86 bits per heavy atom. The third-order valence-corrected chi connectivity index (χ3v) is 4.86. The molecule has 2 aromatic heterocycles. The summed E-state index contributed by atoms with van der Waals surface area (Å²) in [6.45, 7) is 4.39. The highest BCUT2D eigenvalue weighted by Crippen LogP contribution is 2.30. The summed E-state index contributed by atoms with van der Waals surface area (Å²) >= 11 is 0. The van der Waals surface area contributed by atoms with E-state index in [0.717, 1.165) is 34.1 Å². The van der Waals surface area contributed by atoms with E-state index in [1.165, 1.54) is 0 Å².